The second kappa shape index (κ2) is 6.36. The van der Waals surface area contributed by atoms with E-state index in [0.717, 1.165) is 11.3 Å². The van der Waals surface area contributed by atoms with Gasteiger partial charge in [-0.05, 0) is 43.2 Å². The SMILES string of the molecule is CCc1ccc(CNS(=O)(=O)c2cc(C)c(Cl)c(N)c2)s1. The standard InChI is InChI=1S/C14H17ClN2O2S2/c1-3-10-4-5-11(20-10)8-17-21(18,19)12-6-9(2)14(15)13(16)7-12/h4-7,17H,3,8,16H2,1-2H3. The van der Waals surface area contributed by atoms with Gasteiger partial charge in [0.2, 0.25) is 10.0 Å². The van der Waals surface area contributed by atoms with Crippen molar-refractivity contribution in [1.82, 2.24) is 4.72 Å². The van der Waals surface area contributed by atoms with Gasteiger partial charge in [-0.25, -0.2) is 13.1 Å². The number of benzene rings is 1. The van der Waals surface area contributed by atoms with E-state index in [1.54, 1.807) is 18.3 Å². The highest BCUT2D eigenvalue weighted by Gasteiger charge is 2.17. The summed E-state index contributed by atoms with van der Waals surface area (Å²) in [5.74, 6) is 0. The topological polar surface area (TPSA) is 72.2 Å². The summed E-state index contributed by atoms with van der Waals surface area (Å²) in [6.07, 6.45) is 0.949. The third-order valence-electron chi connectivity index (χ3n) is 3.07. The molecule has 4 nitrogen and oxygen atoms in total. The van der Waals surface area contributed by atoms with Gasteiger partial charge in [-0.15, -0.1) is 11.3 Å². The van der Waals surface area contributed by atoms with Crippen molar-refractivity contribution in [2.45, 2.75) is 31.7 Å². The van der Waals surface area contributed by atoms with Crippen LogP contribution in [0.4, 0.5) is 5.69 Å². The summed E-state index contributed by atoms with van der Waals surface area (Å²) < 4.78 is 27.2. The molecule has 7 heteroatoms. The molecule has 0 unspecified atom stereocenters. The lowest BCUT2D eigenvalue weighted by molar-refractivity contribution is 0.582. The predicted octanol–water partition coefficient (Wildman–Crippen LogP) is 3.33. The Labute approximate surface area is 134 Å². The van der Waals surface area contributed by atoms with Crippen molar-refractivity contribution < 1.29 is 8.42 Å². The maximum Gasteiger partial charge on any atom is 0.240 e. The Morgan fingerprint density at radius 2 is 1.95 bits per heavy atom. The van der Waals surface area contributed by atoms with E-state index in [9.17, 15) is 8.42 Å². The number of halogens is 1. The van der Waals surface area contributed by atoms with Gasteiger partial charge in [0, 0.05) is 16.3 Å². The van der Waals surface area contributed by atoms with Crippen LogP contribution >= 0.6 is 22.9 Å². The molecule has 2 aromatic rings. The third-order valence-corrected chi connectivity index (χ3v) is 6.20. The van der Waals surface area contributed by atoms with Crippen LogP contribution in [-0.4, -0.2) is 8.42 Å². The molecule has 0 spiro atoms. The van der Waals surface area contributed by atoms with E-state index in [2.05, 4.69) is 11.6 Å². The van der Waals surface area contributed by atoms with Crippen molar-refractivity contribution in [3.63, 3.8) is 0 Å². The molecule has 114 valence electrons. The van der Waals surface area contributed by atoms with Crippen molar-refractivity contribution in [2.75, 3.05) is 5.73 Å². The molecule has 0 amide bonds. The van der Waals surface area contributed by atoms with Crippen LogP contribution in [0.2, 0.25) is 5.02 Å². The van der Waals surface area contributed by atoms with Gasteiger partial charge in [0.25, 0.3) is 0 Å². The fourth-order valence-electron chi connectivity index (χ4n) is 1.87. The Morgan fingerprint density at radius 1 is 1.29 bits per heavy atom. The normalized spacial score (nSPS) is 11.8. The van der Waals surface area contributed by atoms with Crippen molar-refractivity contribution in [3.05, 3.63) is 44.6 Å². The number of hydrogen-bond acceptors (Lipinski definition) is 4. The van der Waals surface area contributed by atoms with E-state index < -0.39 is 10.0 Å². The highest BCUT2D eigenvalue weighted by Crippen LogP contribution is 2.27. The molecule has 21 heavy (non-hydrogen) atoms. The van der Waals surface area contributed by atoms with Crippen LogP contribution in [0.25, 0.3) is 0 Å². The minimum Gasteiger partial charge on any atom is -0.397 e. The largest absolute Gasteiger partial charge is 0.397 e. The third kappa shape index (κ3) is 3.77. The number of nitrogens with one attached hydrogen (secondary N) is 1. The molecule has 0 saturated heterocycles. The van der Waals surface area contributed by atoms with Gasteiger partial charge in [-0.3, -0.25) is 0 Å². The van der Waals surface area contributed by atoms with Gasteiger partial charge in [0.1, 0.15) is 0 Å². The average molecular weight is 345 g/mol. The van der Waals surface area contributed by atoms with Crippen LogP contribution in [0.3, 0.4) is 0 Å². The van der Waals surface area contributed by atoms with Crippen LogP contribution in [0.5, 0.6) is 0 Å². The smallest absolute Gasteiger partial charge is 0.240 e. The van der Waals surface area contributed by atoms with Crippen molar-refractivity contribution in [2.24, 2.45) is 0 Å². The first-order chi connectivity index (χ1) is 9.83. The molecule has 0 radical (unpaired) electrons. The lowest BCUT2D eigenvalue weighted by Gasteiger charge is -2.09. The molecular formula is C14H17ClN2O2S2. The number of hydrogen-bond donors (Lipinski definition) is 2. The molecule has 0 fully saturated rings. The number of aryl methyl sites for hydroxylation is 2. The summed E-state index contributed by atoms with van der Waals surface area (Å²) in [4.78, 5) is 2.35. The maximum absolute atomic E-state index is 12.3. The zero-order valence-electron chi connectivity index (χ0n) is 11.8. The zero-order chi connectivity index (χ0) is 15.6. The van der Waals surface area contributed by atoms with Gasteiger partial charge in [0.05, 0.1) is 15.6 Å². The average Bonchev–Trinajstić information content (AvgIpc) is 2.90. The van der Waals surface area contributed by atoms with E-state index >= 15 is 0 Å². The number of anilines is 1. The van der Waals surface area contributed by atoms with E-state index in [0.29, 0.717) is 10.6 Å². The maximum atomic E-state index is 12.3. The Morgan fingerprint density at radius 3 is 2.52 bits per heavy atom. The lowest BCUT2D eigenvalue weighted by Crippen LogP contribution is -2.23. The second-order valence-corrected chi connectivity index (χ2v) is 8.09. The fraction of sp³-hybridized carbons (Fsp3) is 0.286. The first kappa shape index (κ1) is 16.3. The molecule has 0 aliphatic rings. The van der Waals surface area contributed by atoms with Crippen LogP contribution in [0, 0.1) is 6.92 Å². The van der Waals surface area contributed by atoms with Gasteiger partial charge in [-0.1, -0.05) is 18.5 Å². The number of nitrogens with two attached hydrogens (primary N) is 1. The summed E-state index contributed by atoms with van der Waals surface area (Å²) in [6, 6.07) is 6.85. The first-order valence-corrected chi connectivity index (χ1v) is 9.14. The summed E-state index contributed by atoms with van der Waals surface area (Å²) in [7, 11) is -3.60. The summed E-state index contributed by atoms with van der Waals surface area (Å²) in [5.41, 5.74) is 6.63. The zero-order valence-corrected chi connectivity index (χ0v) is 14.2. The Kier molecular flexibility index (Phi) is 4.93. The van der Waals surface area contributed by atoms with Gasteiger partial charge in [-0.2, -0.15) is 0 Å². The molecule has 0 aliphatic carbocycles. The molecule has 1 aromatic heterocycles. The van der Waals surface area contributed by atoms with Crippen molar-refractivity contribution in [3.8, 4) is 0 Å². The summed E-state index contributed by atoms with van der Waals surface area (Å²) in [6.45, 7) is 4.07. The quantitative estimate of drug-likeness (QED) is 0.817. The Balaban J connectivity index is 2.18. The Hall–Kier alpha value is -1.08. The Bertz CT molecular complexity index is 731. The molecule has 1 aromatic carbocycles. The number of nitrogen functional groups attached to an aromatic ring is 1. The molecule has 0 saturated carbocycles. The monoisotopic (exact) mass is 344 g/mol. The first-order valence-electron chi connectivity index (χ1n) is 6.46. The van der Waals surface area contributed by atoms with Crippen LogP contribution in [0.1, 0.15) is 22.2 Å². The number of sulfonamides is 1. The minimum absolute atomic E-state index is 0.133. The van der Waals surface area contributed by atoms with Gasteiger partial charge in [0.15, 0.2) is 0 Å². The molecule has 0 aliphatic heterocycles. The number of rotatable bonds is 5. The molecule has 0 atom stereocenters. The van der Waals surface area contributed by atoms with Crippen LogP contribution in [-0.2, 0) is 23.0 Å². The van der Waals surface area contributed by atoms with Crippen LogP contribution in [0.15, 0.2) is 29.2 Å². The van der Waals surface area contributed by atoms with Crippen molar-refractivity contribution >= 4 is 38.6 Å². The fourth-order valence-corrected chi connectivity index (χ4v) is 4.10. The molecule has 2 rings (SSSR count). The highest BCUT2D eigenvalue weighted by molar-refractivity contribution is 7.89. The minimum atomic E-state index is -3.60. The lowest BCUT2D eigenvalue weighted by atomic mass is 10.2. The van der Waals surface area contributed by atoms with Crippen LogP contribution < -0.4 is 10.5 Å². The van der Waals surface area contributed by atoms with Gasteiger partial charge < -0.3 is 5.73 Å². The van der Waals surface area contributed by atoms with E-state index in [4.69, 9.17) is 17.3 Å². The van der Waals surface area contributed by atoms with E-state index in [1.807, 2.05) is 12.1 Å². The molecule has 3 N–H and O–H groups in total. The van der Waals surface area contributed by atoms with Crippen molar-refractivity contribution in [1.29, 1.82) is 0 Å². The van der Waals surface area contributed by atoms with E-state index in [1.165, 1.54) is 17.0 Å². The molecule has 1 heterocycles. The molecule has 0 bridgehead atoms. The van der Waals surface area contributed by atoms with Gasteiger partial charge >= 0.3 is 0 Å². The summed E-state index contributed by atoms with van der Waals surface area (Å²) >= 11 is 7.56. The highest BCUT2D eigenvalue weighted by atomic mass is 35.5. The second-order valence-electron chi connectivity index (χ2n) is 4.69. The predicted molar refractivity (Wildman–Crippen MR) is 88.3 cm³/mol. The number of thiophene rings is 1. The summed E-state index contributed by atoms with van der Waals surface area (Å²) in [5, 5.41) is 0.389. The molecular weight excluding hydrogens is 328 g/mol. The van der Waals surface area contributed by atoms with E-state index in [-0.39, 0.29) is 17.1 Å².